The molecule has 2 aliphatic carbocycles. The van der Waals surface area contributed by atoms with Gasteiger partial charge < -0.3 is 9.47 Å². The Morgan fingerprint density at radius 3 is 1.14 bits per heavy atom. The highest BCUT2D eigenvalue weighted by atomic mass is 16.5. The van der Waals surface area contributed by atoms with Gasteiger partial charge in [0.05, 0.1) is 11.1 Å². The quantitative estimate of drug-likeness (QED) is 0.576. The van der Waals surface area contributed by atoms with Crippen LogP contribution in [-0.4, -0.2) is 24.1 Å². The number of benzene rings is 1. The fraction of sp³-hybridized carbons (Fsp3) is 0.667. The first-order chi connectivity index (χ1) is 13.7. The summed E-state index contributed by atoms with van der Waals surface area (Å²) >= 11 is 0. The number of carbonyl (C=O) groups excluding carboxylic acids is 2. The van der Waals surface area contributed by atoms with E-state index in [2.05, 4.69) is 0 Å². The SMILES string of the molecule is O=C(OC1CCCCCCC1)c1ccc(C(=O)OC2CCCCCCC2)cc1. The van der Waals surface area contributed by atoms with Gasteiger partial charge in [-0.25, -0.2) is 9.59 Å². The predicted molar refractivity (Wildman–Crippen MR) is 109 cm³/mol. The molecule has 4 heteroatoms. The Balaban J connectivity index is 1.51. The lowest BCUT2D eigenvalue weighted by molar-refractivity contribution is 0.0224. The van der Waals surface area contributed by atoms with Gasteiger partial charge in [-0.3, -0.25) is 0 Å². The van der Waals surface area contributed by atoms with E-state index in [0.717, 1.165) is 51.4 Å². The number of hydrogen-bond donors (Lipinski definition) is 0. The molecule has 0 N–H and O–H groups in total. The van der Waals surface area contributed by atoms with Crippen LogP contribution in [0.1, 0.15) is 111 Å². The van der Waals surface area contributed by atoms with Crippen molar-refractivity contribution in [1.29, 1.82) is 0 Å². The molecule has 1 aromatic rings. The van der Waals surface area contributed by atoms with E-state index in [1.54, 1.807) is 24.3 Å². The fourth-order valence-corrected chi connectivity index (χ4v) is 4.25. The van der Waals surface area contributed by atoms with Crippen LogP contribution >= 0.6 is 0 Å². The molecule has 0 aliphatic heterocycles. The van der Waals surface area contributed by atoms with Gasteiger partial charge in [-0.2, -0.15) is 0 Å². The van der Waals surface area contributed by atoms with Gasteiger partial charge in [-0.1, -0.05) is 38.5 Å². The van der Waals surface area contributed by atoms with Gasteiger partial charge in [-0.05, 0) is 75.6 Å². The summed E-state index contributed by atoms with van der Waals surface area (Å²) in [5.41, 5.74) is 1.01. The molecule has 2 saturated carbocycles. The fourth-order valence-electron chi connectivity index (χ4n) is 4.25. The van der Waals surface area contributed by atoms with Crippen molar-refractivity contribution in [2.45, 2.75) is 102 Å². The summed E-state index contributed by atoms with van der Waals surface area (Å²) in [5, 5.41) is 0. The number of carbonyl (C=O) groups is 2. The van der Waals surface area contributed by atoms with Crippen LogP contribution in [0.25, 0.3) is 0 Å². The lowest BCUT2D eigenvalue weighted by atomic mass is 9.98. The standard InChI is InChI=1S/C24H34O4/c25-23(27-21-11-7-3-1-4-8-12-21)19-15-17-20(18-16-19)24(26)28-22-13-9-5-2-6-10-14-22/h15-18,21-22H,1-14H2. The van der Waals surface area contributed by atoms with Crippen LogP contribution in [-0.2, 0) is 9.47 Å². The number of hydrogen-bond acceptors (Lipinski definition) is 4. The van der Waals surface area contributed by atoms with Crippen LogP contribution in [0.3, 0.4) is 0 Å². The molecular weight excluding hydrogens is 352 g/mol. The largest absolute Gasteiger partial charge is 0.459 e. The molecule has 0 atom stereocenters. The molecule has 2 aliphatic rings. The molecule has 2 fully saturated rings. The minimum absolute atomic E-state index is 0.0248. The van der Waals surface area contributed by atoms with Gasteiger partial charge in [0.25, 0.3) is 0 Å². The Kier molecular flexibility index (Phi) is 8.38. The van der Waals surface area contributed by atoms with Crippen molar-refractivity contribution in [3.05, 3.63) is 35.4 Å². The van der Waals surface area contributed by atoms with Crippen molar-refractivity contribution >= 4 is 11.9 Å². The highest BCUT2D eigenvalue weighted by molar-refractivity contribution is 5.93. The summed E-state index contributed by atoms with van der Waals surface area (Å²) in [5.74, 6) is -0.573. The van der Waals surface area contributed by atoms with Gasteiger partial charge in [0.2, 0.25) is 0 Å². The Hall–Kier alpha value is -1.84. The topological polar surface area (TPSA) is 52.6 Å². The number of ether oxygens (including phenoxy) is 2. The Morgan fingerprint density at radius 2 is 0.821 bits per heavy atom. The monoisotopic (exact) mass is 386 g/mol. The van der Waals surface area contributed by atoms with Gasteiger partial charge in [0, 0.05) is 0 Å². The van der Waals surface area contributed by atoms with Crippen molar-refractivity contribution in [2.75, 3.05) is 0 Å². The normalized spacial score (nSPS) is 20.3. The van der Waals surface area contributed by atoms with E-state index in [4.69, 9.17) is 9.47 Å². The van der Waals surface area contributed by atoms with Gasteiger partial charge in [0.1, 0.15) is 12.2 Å². The van der Waals surface area contributed by atoms with Crippen molar-refractivity contribution in [1.82, 2.24) is 0 Å². The Labute approximate surface area is 169 Å². The van der Waals surface area contributed by atoms with Crippen LogP contribution < -0.4 is 0 Å². The maximum atomic E-state index is 12.4. The minimum Gasteiger partial charge on any atom is -0.459 e. The highest BCUT2D eigenvalue weighted by Crippen LogP contribution is 2.22. The van der Waals surface area contributed by atoms with E-state index in [1.165, 1.54) is 38.5 Å². The summed E-state index contributed by atoms with van der Waals surface area (Å²) in [7, 11) is 0. The Bertz CT molecular complexity index is 551. The van der Waals surface area contributed by atoms with E-state index in [-0.39, 0.29) is 24.1 Å². The zero-order chi connectivity index (χ0) is 19.6. The van der Waals surface area contributed by atoms with E-state index in [0.29, 0.717) is 11.1 Å². The second kappa shape index (κ2) is 11.2. The molecule has 0 radical (unpaired) electrons. The molecule has 0 saturated heterocycles. The van der Waals surface area contributed by atoms with Gasteiger partial charge in [0.15, 0.2) is 0 Å². The molecule has 1 aromatic carbocycles. The number of esters is 2. The lowest BCUT2D eigenvalue weighted by Crippen LogP contribution is -2.20. The molecule has 0 unspecified atom stereocenters. The summed E-state index contributed by atoms with van der Waals surface area (Å²) in [4.78, 5) is 24.9. The lowest BCUT2D eigenvalue weighted by Gasteiger charge is -2.21. The van der Waals surface area contributed by atoms with Crippen LogP contribution in [0.5, 0.6) is 0 Å². The van der Waals surface area contributed by atoms with E-state index in [1.807, 2.05) is 0 Å². The average Bonchev–Trinajstić information content (AvgIpc) is 2.66. The molecule has 0 spiro atoms. The molecule has 0 bridgehead atoms. The van der Waals surface area contributed by atoms with Crippen molar-refractivity contribution in [3.8, 4) is 0 Å². The van der Waals surface area contributed by atoms with Crippen LogP contribution in [0, 0.1) is 0 Å². The summed E-state index contributed by atoms with van der Waals surface area (Å²) < 4.78 is 11.4. The molecule has 154 valence electrons. The smallest absolute Gasteiger partial charge is 0.338 e. The Morgan fingerprint density at radius 1 is 0.536 bits per heavy atom. The number of rotatable bonds is 4. The third kappa shape index (κ3) is 6.65. The first kappa shape index (κ1) is 20.9. The van der Waals surface area contributed by atoms with Crippen LogP contribution in [0.2, 0.25) is 0 Å². The first-order valence-corrected chi connectivity index (χ1v) is 11.2. The molecule has 0 amide bonds. The third-order valence-corrected chi connectivity index (χ3v) is 6.01. The summed E-state index contributed by atoms with van der Waals surface area (Å²) in [6.07, 6.45) is 15.9. The maximum absolute atomic E-state index is 12.4. The van der Waals surface area contributed by atoms with Crippen LogP contribution in [0.15, 0.2) is 24.3 Å². The second-order valence-corrected chi connectivity index (χ2v) is 8.32. The minimum atomic E-state index is -0.287. The first-order valence-electron chi connectivity index (χ1n) is 11.2. The zero-order valence-electron chi connectivity index (χ0n) is 17.0. The van der Waals surface area contributed by atoms with Gasteiger partial charge in [-0.15, -0.1) is 0 Å². The summed E-state index contributed by atoms with van der Waals surface area (Å²) in [6.45, 7) is 0. The zero-order valence-corrected chi connectivity index (χ0v) is 17.0. The third-order valence-electron chi connectivity index (χ3n) is 6.01. The average molecular weight is 387 g/mol. The molecular formula is C24H34O4. The van der Waals surface area contributed by atoms with Crippen molar-refractivity contribution in [3.63, 3.8) is 0 Å². The van der Waals surface area contributed by atoms with E-state index in [9.17, 15) is 9.59 Å². The summed E-state index contributed by atoms with van der Waals surface area (Å²) in [6, 6.07) is 6.72. The molecule has 0 aromatic heterocycles. The van der Waals surface area contributed by atoms with Crippen molar-refractivity contribution in [2.24, 2.45) is 0 Å². The maximum Gasteiger partial charge on any atom is 0.338 e. The van der Waals surface area contributed by atoms with E-state index < -0.39 is 0 Å². The molecule has 3 rings (SSSR count). The molecule has 28 heavy (non-hydrogen) atoms. The second-order valence-electron chi connectivity index (χ2n) is 8.32. The van der Waals surface area contributed by atoms with E-state index >= 15 is 0 Å². The van der Waals surface area contributed by atoms with Crippen molar-refractivity contribution < 1.29 is 19.1 Å². The van der Waals surface area contributed by atoms with Gasteiger partial charge >= 0.3 is 11.9 Å². The predicted octanol–water partition coefficient (Wildman–Crippen LogP) is 6.23. The van der Waals surface area contributed by atoms with Crippen LogP contribution in [0.4, 0.5) is 0 Å². The molecule has 4 nitrogen and oxygen atoms in total. The molecule has 0 heterocycles. The highest BCUT2D eigenvalue weighted by Gasteiger charge is 2.20.